The van der Waals surface area contributed by atoms with E-state index in [-0.39, 0.29) is 5.91 Å². The molecule has 0 unspecified atom stereocenters. The van der Waals surface area contributed by atoms with Gasteiger partial charge in [-0.3, -0.25) is 4.79 Å². The van der Waals surface area contributed by atoms with Crippen LogP contribution in [0.1, 0.15) is 15.4 Å². The zero-order chi connectivity index (χ0) is 20.7. The van der Waals surface area contributed by atoms with Gasteiger partial charge in [0.25, 0.3) is 5.91 Å². The summed E-state index contributed by atoms with van der Waals surface area (Å²) >= 11 is 7.87. The Balaban J connectivity index is 1.39. The Bertz CT molecular complexity index is 1210. The molecular weight excluding hydrogens is 416 g/mol. The van der Waals surface area contributed by atoms with Gasteiger partial charge in [0, 0.05) is 37.3 Å². The van der Waals surface area contributed by atoms with Crippen LogP contribution in [-0.2, 0) is 0 Å². The second kappa shape index (κ2) is 7.78. The number of rotatable bonds is 3. The third-order valence-electron chi connectivity index (χ3n) is 5.52. The summed E-state index contributed by atoms with van der Waals surface area (Å²) < 4.78 is 1.85. The number of aromatic nitrogens is 2. The molecule has 2 aromatic carbocycles. The van der Waals surface area contributed by atoms with E-state index in [1.54, 1.807) is 0 Å². The van der Waals surface area contributed by atoms with Crippen LogP contribution in [0.25, 0.3) is 15.9 Å². The molecule has 5 nitrogen and oxygen atoms in total. The van der Waals surface area contributed by atoms with Gasteiger partial charge in [-0.2, -0.15) is 5.10 Å². The van der Waals surface area contributed by atoms with Crippen molar-refractivity contribution in [3.8, 4) is 5.69 Å². The number of carbonyl (C=O) groups is 1. The molecule has 152 valence electrons. The van der Waals surface area contributed by atoms with Gasteiger partial charge >= 0.3 is 0 Å². The molecule has 4 aromatic rings. The smallest absolute Gasteiger partial charge is 0.264 e. The Morgan fingerprint density at radius 1 is 1.00 bits per heavy atom. The lowest BCUT2D eigenvalue weighted by molar-refractivity contribution is 0.0751. The fourth-order valence-corrected chi connectivity index (χ4v) is 5.26. The van der Waals surface area contributed by atoms with E-state index in [0.717, 1.165) is 52.7 Å². The molecule has 30 heavy (non-hydrogen) atoms. The normalized spacial score (nSPS) is 14.5. The minimum absolute atomic E-state index is 0.0917. The van der Waals surface area contributed by atoms with Gasteiger partial charge in [-0.1, -0.05) is 41.9 Å². The van der Waals surface area contributed by atoms with Crippen LogP contribution in [0.3, 0.4) is 0 Å². The molecule has 1 aliphatic rings. The number of thiophene rings is 1. The van der Waals surface area contributed by atoms with Crippen molar-refractivity contribution in [1.29, 1.82) is 0 Å². The standard InChI is InChI=1S/C23H21ClN4OS/c1-16-18-15-21(30-23(18)28(25-16)20-10-6-5-9-19(20)24)22(29)27-13-11-26(12-14-27)17-7-3-2-4-8-17/h2-10,15H,11-14H2,1H3. The van der Waals surface area contributed by atoms with Crippen LogP contribution in [0.5, 0.6) is 0 Å². The third kappa shape index (κ3) is 3.36. The highest BCUT2D eigenvalue weighted by atomic mass is 35.5. The summed E-state index contributed by atoms with van der Waals surface area (Å²) in [6.07, 6.45) is 0. The zero-order valence-electron chi connectivity index (χ0n) is 16.6. The highest BCUT2D eigenvalue weighted by molar-refractivity contribution is 7.20. The molecule has 0 bridgehead atoms. The number of hydrogen-bond acceptors (Lipinski definition) is 4. The summed E-state index contributed by atoms with van der Waals surface area (Å²) in [5.74, 6) is 0.0917. The predicted octanol–water partition coefficient (Wildman–Crippen LogP) is 5.01. The second-order valence-corrected chi connectivity index (χ2v) is 8.83. The number of piperazine rings is 1. The first-order chi connectivity index (χ1) is 14.6. The van der Waals surface area contributed by atoms with Gasteiger partial charge in [0.05, 0.1) is 21.3 Å². The van der Waals surface area contributed by atoms with Crippen molar-refractivity contribution in [1.82, 2.24) is 14.7 Å². The topological polar surface area (TPSA) is 41.4 Å². The first-order valence-corrected chi connectivity index (χ1v) is 11.1. The molecule has 0 saturated carbocycles. The number of hydrogen-bond donors (Lipinski definition) is 0. The van der Waals surface area contributed by atoms with Crippen LogP contribution in [0.15, 0.2) is 60.7 Å². The van der Waals surface area contributed by atoms with Crippen LogP contribution in [0.2, 0.25) is 5.02 Å². The van der Waals surface area contributed by atoms with E-state index in [4.69, 9.17) is 11.6 Å². The third-order valence-corrected chi connectivity index (χ3v) is 6.94. The maximum absolute atomic E-state index is 13.2. The van der Waals surface area contributed by atoms with E-state index in [2.05, 4.69) is 34.3 Å². The molecule has 3 heterocycles. The summed E-state index contributed by atoms with van der Waals surface area (Å²) in [7, 11) is 0. The Kier molecular flexibility index (Phi) is 4.97. The molecular formula is C23H21ClN4OS. The van der Waals surface area contributed by atoms with Crippen molar-refractivity contribution in [2.45, 2.75) is 6.92 Å². The molecule has 0 radical (unpaired) electrons. The van der Waals surface area contributed by atoms with E-state index in [1.807, 2.05) is 52.9 Å². The molecule has 2 aromatic heterocycles. The Hall–Kier alpha value is -2.83. The van der Waals surface area contributed by atoms with Gasteiger partial charge in [-0.05, 0) is 37.3 Å². The number of para-hydroxylation sites is 2. The number of amides is 1. The van der Waals surface area contributed by atoms with E-state index in [9.17, 15) is 4.79 Å². The van der Waals surface area contributed by atoms with E-state index in [0.29, 0.717) is 5.02 Å². The number of anilines is 1. The van der Waals surface area contributed by atoms with Crippen LogP contribution < -0.4 is 4.90 Å². The number of nitrogens with zero attached hydrogens (tertiary/aromatic N) is 4. The lowest BCUT2D eigenvalue weighted by Crippen LogP contribution is -2.48. The number of carbonyl (C=O) groups excluding carboxylic acids is 1. The van der Waals surface area contributed by atoms with Crippen molar-refractivity contribution in [3.63, 3.8) is 0 Å². The Morgan fingerprint density at radius 2 is 1.70 bits per heavy atom. The van der Waals surface area contributed by atoms with Crippen LogP contribution in [-0.4, -0.2) is 46.8 Å². The molecule has 1 saturated heterocycles. The van der Waals surface area contributed by atoms with Gasteiger partial charge in [0.2, 0.25) is 0 Å². The van der Waals surface area contributed by atoms with Crippen molar-refractivity contribution >= 4 is 44.7 Å². The lowest BCUT2D eigenvalue weighted by atomic mass is 10.2. The molecule has 5 rings (SSSR count). The second-order valence-electron chi connectivity index (χ2n) is 7.39. The SMILES string of the molecule is Cc1nn(-c2ccccc2Cl)c2sc(C(=O)N3CCN(c4ccccc4)CC3)cc12. The minimum atomic E-state index is 0.0917. The van der Waals surface area contributed by atoms with Crippen molar-refractivity contribution in [2.24, 2.45) is 0 Å². The van der Waals surface area contributed by atoms with Gasteiger partial charge in [0.1, 0.15) is 4.83 Å². The fourth-order valence-electron chi connectivity index (χ4n) is 3.90. The largest absolute Gasteiger partial charge is 0.368 e. The van der Waals surface area contributed by atoms with Crippen LogP contribution in [0, 0.1) is 6.92 Å². The monoisotopic (exact) mass is 436 g/mol. The molecule has 0 aliphatic carbocycles. The van der Waals surface area contributed by atoms with E-state index in [1.165, 1.54) is 17.0 Å². The van der Waals surface area contributed by atoms with Gasteiger partial charge in [0.15, 0.2) is 0 Å². The summed E-state index contributed by atoms with van der Waals surface area (Å²) in [6.45, 7) is 5.09. The highest BCUT2D eigenvalue weighted by Gasteiger charge is 2.25. The molecule has 7 heteroatoms. The van der Waals surface area contributed by atoms with E-state index >= 15 is 0 Å². The minimum Gasteiger partial charge on any atom is -0.368 e. The number of benzene rings is 2. The number of aryl methyl sites for hydroxylation is 1. The molecule has 1 aliphatic heterocycles. The summed E-state index contributed by atoms with van der Waals surface area (Å²) in [6, 6.07) is 20.0. The summed E-state index contributed by atoms with van der Waals surface area (Å²) in [4.78, 5) is 19.2. The first-order valence-electron chi connectivity index (χ1n) is 9.95. The zero-order valence-corrected chi connectivity index (χ0v) is 18.2. The Morgan fingerprint density at radius 3 is 2.43 bits per heavy atom. The van der Waals surface area contributed by atoms with Gasteiger partial charge in [-0.15, -0.1) is 11.3 Å². The van der Waals surface area contributed by atoms with Gasteiger partial charge < -0.3 is 9.80 Å². The fraction of sp³-hybridized carbons (Fsp3) is 0.217. The van der Waals surface area contributed by atoms with Crippen molar-refractivity contribution < 1.29 is 4.79 Å². The average molecular weight is 437 g/mol. The molecule has 0 spiro atoms. The summed E-state index contributed by atoms with van der Waals surface area (Å²) in [5.41, 5.74) is 2.94. The van der Waals surface area contributed by atoms with Crippen LogP contribution in [0.4, 0.5) is 5.69 Å². The first kappa shape index (κ1) is 19.2. The average Bonchev–Trinajstić information content (AvgIpc) is 3.35. The Labute approximate surface area is 184 Å². The highest BCUT2D eigenvalue weighted by Crippen LogP contribution is 2.33. The molecule has 1 fully saturated rings. The van der Waals surface area contributed by atoms with E-state index < -0.39 is 0 Å². The quantitative estimate of drug-likeness (QED) is 0.453. The maximum atomic E-state index is 13.2. The molecule has 0 atom stereocenters. The van der Waals surface area contributed by atoms with Crippen molar-refractivity contribution in [3.05, 3.63) is 76.3 Å². The van der Waals surface area contributed by atoms with Gasteiger partial charge in [-0.25, -0.2) is 4.68 Å². The molecule has 1 amide bonds. The number of halogens is 1. The van der Waals surface area contributed by atoms with Crippen LogP contribution >= 0.6 is 22.9 Å². The molecule has 0 N–H and O–H groups in total. The lowest BCUT2D eigenvalue weighted by Gasteiger charge is -2.35. The number of fused-ring (bicyclic) bond motifs is 1. The van der Waals surface area contributed by atoms with Crippen molar-refractivity contribution in [2.75, 3.05) is 31.1 Å². The maximum Gasteiger partial charge on any atom is 0.264 e. The predicted molar refractivity (Wildman–Crippen MR) is 123 cm³/mol. The summed E-state index contributed by atoms with van der Waals surface area (Å²) in [5, 5.41) is 6.29.